The third-order valence-electron chi connectivity index (χ3n) is 7.22. The highest BCUT2D eigenvalue weighted by Gasteiger charge is 2.48. The first kappa shape index (κ1) is 39.3. The number of primary amides is 1. The number of nitrogens with two attached hydrogens (primary N) is 2. The maximum Gasteiger partial charge on any atom is 0.481 e. The van der Waals surface area contributed by atoms with E-state index in [4.69, 9.17) is 35.1 Å². The second-order valence-corrected chi connectivity index (χ2v) is 13.9. The van der Waals surface area contributed by atoms with E-state index in [0.717, 1.165) is 13.3 Å². The van der Waals surface area contributed by atoms with Gasteiger partial charge in [0.15, 0.2) is 23.9 Å². The first-order chi connectivity index (χ1) is 23.3. The molecular formula is C24H34N7O17P2-. The number of imidazole rings is 1. The maximum atomic E-state index is 12.4. The van der Waals surface area contributed by atoms with Crippen molar-refractivity contribution in [3.8, 4) is 0 Å². The van der Waals surface area contributed by atoms with E-state index >= 15 is 0 Å². The number of phosphoric ester groups is 2. The number of aromatic nitrogens is 4. The molecule has 0 radical (unpaired) electrons. The molecule has 5 rings (SSSR count). The van der Waals surface area contributed by atoms with Crippen LogP contribution in [0.4, 0.5) is 5.82 Å². The fourth-order valence-electron chi connectivity index (χ4n) is 4.68. The highest BCUT2D eigenvalue weighted by atomic mass is 31.3. The number of hydrogen-bond donors (Lipinski definition) is 9. The number of nitrogens with zero attached hydrogens (tertiary/aromatic N) is 5. The van der Waals surface area contributed by atoms with Crippen LogP contribution in [-0.2, 0) is 41.6 Å². The molecule has 1 amide bonds. The molecule has 0 aliphatic carbocycles. The first-order valence-electron chi connectivity index (χ1n) is 14.3. The highest BCUT2D eigenvalue weighted by molar-refractivity contribution is 7.61. The van der Waals surface area contributed by atoms with E-state index in [1.807, 2.05) is 0 Å². The molecule has 5 heterocycles. The summed E-state index contributed by atoms with van der Waals surface area (Å²) in [5.41, 5.74) is 11.6. The van der Waals surface area contributed by atoms with E-state index in [9.17, 15) is 54.0 Å². The van der Waals surface area contributed by atoms with E-state index in [2.05, 4.69) is 19.3 Å². The zero-order valence-electron chi connectivity index (χ0n) is 25.7. The minimum Gasteiger partial charge on any atom is -0.547 e. The van der Waals surface area contributed by atoms with Crippen LogP contribution >= 0.6 is 15.6 Å². The molecule has 11 N–H and O–H groups in total. The molecule has 3 unspecified atom stereocenters. The molecule has 2 fully saturated rings. The van der Waals surface area contributed by atoms with Crippen molar-refractivity contribution in [2.75, 3.05) is 18.9 Å². The Labute approximate surface area is 281 Å². The van der Waals surface area contributed by atoms with Gasteiger partial charge in [-0.15, -0.1) is 0 Å². The molecule has 3 aliphatic rings. The van der Waals surface area contributed by atoms with Crippen LogP contribution in [0.3, 0.4) is 0 Å². The quantitative estimate of drug-likeness (QED) is 0.0921. The Morgan fingerprint density at radius 1 is 1.00 bits per heavy atom. The van der Waals surface area contributed by atoms with E-state index < -0.39 is 95.9 Å². The SMILES string of the molecule is CC(O)C(=O)[O-].NC(=O)C1=CN([C@@H]2O[C@H](COP(=O)(O)OP(=O)(O)OC[C@H]3O[C@@H](n4cnc5c(N)ncnc54)[C@H](O)[C@@H]3O)[C@@H](O)[C@H]2O)C=CC1. The van der Waals surface area contributed by atoms with Crippen molar-refractivity contribution in [1.29, 1.82) is 0 Å². The summed E-state index contributed by atoms with van der Waals surface area (Å²) < 4.78 is 50.8. The molecule has 2 aromatic heterocycles. The number of carboxylic acid groups (broad SMARTS) is 1. The van der Waals surface area contributed by atoms with Crippen molar-refractivity contribution in [3.05, 3.63) is 36.7 Å². The van der Waals surface area contributed by atoms with E-state index in [1.165, 1.54) is 28.2 Å². The standard InChI is InChI=1S/C21H29N7O14P2.C3H6O3/c22-17-12-19(25-7-24-17)28(8-26-12)21-16(32)14(30)11(41-21)6-39-44(36,37)42-43(34,35)38-5-10-13(29)15(31)20(40-10)27-3-1-2-9(4-27)18(23)33;1-2(4)3(5)6/h1,3-4,7-8,10-11,13-16,20-21,29-32H,2,5-6H2,(H2,23,33)(H,34,35)(H,36,37)(H2,22,24,25);2,4H,1H3,(H,5,6)/p-1/t10-,11-,13-,14-,15-,16-,20-,21-;/m1./s1. The van der Waals surface area contributed by atoms with E-state index in [-0.39, 0.29) is 29.0 Å². The van der Waals surface area contributed by atoms with Gasteiger partial charge in [0.1, 0.15) is 48.5 Å². The predicted molar refractivity (Wildman–Crippen MR) is 159 cm³/mol. The lowest BCUT2D eigenvalue weighted by molar-refractivity contribution is -0.314. The summed E-state index contributed by atoms with van der Waals surface area (Å²) in [4.78, 5) is 54.0. The van der Waals surface area contributed by atoms with Crippen LogP contribution in [0.5, 0.6) is 0 Å². The molecule has 2 saturated heterocycles. The van der Waals surface area contributed by atoms with Gasteiger partial charge in [0.25, 0.3) is 0 Å². The van der Waals surface area contributed by atoms with Crippen molar-refractivity contribution in [2.45, 2.75) is 68.5 Å². The molecule has 24 nitrogen and oxygen atoms in total. The zero-order chi connectivity index (χ0) is 37.1. The van der Waals surface area contributed by atoms with Gasteiger partial charge in [-0.1, -0.05) is 6.08 Å². The molecule has 0 aromatic carbocycles. The molecule has 0 bridgehead atoms. The lowest BCUT2D eigenvalue weighted by Gasteiger charge is -2.28. The number of amides is 1. The molecule has 0 spiro atoms. The smallest absolute Gasteiger partial charge is 0.481 e. The molecule has 2 aromatic rings. The average Bonchev–Trinajstić information content (AvgIpc) is 3.69. The van der Waals surface area contributed by atoms with Crippen LogP contribution in [-0.4, -0.2) is 134 Å². The Bertz CT molecular complexity index is 1710. The van der Waals surface area contributed by atoms with E-state index in [0.29, 0.717) is 0 Å². The Morgan fingerprint density at radius 3 is 2.08 bits per heavy atom. The summed E-state index contributed by atoms with van der Waals surface area (Å²) >= 11 is 0. The molecule has 50 heavy (non-hydrogen) atoms. The van der Waals surface area contributed by atoms with Crippen molar-refractivity contribution in [3.63, 3.8) is 0 Å². The molecule has 0 saturated carbocycles. The largest absolute Gasteiger partial charge is 0.547 e. The first-order valence-corrected chi connectivity index (χ1v) is 17.3. The lowest BCUT2D eigenvalue weighted by Crippen LogP contribution is -2.40. The van der Waals surface area contributed by atoms with Gasteiger partial charge in [-0.05, 0) is 13.3 Å². The van der Waals surface area contributed by atoms with Gasteiger partial charge in [0.2, 0.25) is 5.91 Å². The Hall–Kier alpha value is -3.45. The van der Waals surface area contributed by atoms with Gasteiger partial charge < -0.3 is 71.1 Å². The van der Waals surface area contributed by atoms with Gasteiger partial charge in [0, 0.05) is 18.0 Å². The van der Waals surface area contributed by atoms with E-state index in [1.54, 1.807) is 6.08 Å². The third kappa shape index (κ3) is 9.25. The number of carbonyl (C=O) groups is 2. The summed E-state index contributed by atoms with van der Waals surface area (Å²) in [6, 6.07) is 0. The van der Waals surface area contributed by atoms with Crippen molar-refractivity contribution >= 4 is 44.5 Å². The van der Waals surface area contributed by atoms with Crippen LogP contribution in [0.25, 0.3) is 11.2 Å². The van der Waals surface area contributed by atoms with Crippen LogP contribution in [0, 0.1) is 0 Å². The van der Waals surface area contributed by atoms with Gasteiger partial charge in [-0.3, -0.25) is 18.4 Å². The maximum absolute atomic E-state index is 12.4. The lowest BCUT2D eigenvalue weighted by atomic mass is 10.1. The fourth-order valence-corrected chi connectivity index (χ4v) is 6.77. The molecule has 3 aliphatic heterocycles. The number of carboxylic acids is 1. The monoisotopic (exact) mass is 754 g/mol. The number of aliphatic hydroxyl groups is 5. The number of ether oxygens (including phenoxy) is 2. The van der Waals surface area contributed by atoms with Crippen LogP contribution in [0.1, 0.15) is 19.6 Å². The molecule has 278 valence electrons. The van der Waals surface area contributed by atoms with Crippen LogP contribution in [0.2, 0.25) is 0 Å². The second-order valence-electron chi connectivity index (χ2n) is 10.8. The van der Waals surface area contributed by atoms with Crippen molar-refractivity contribution in [2.24, 2.45) is 5.73 Å². The second kappa shape index (κ2) is 15.8. The number of allylic oxidation sites excluding steroid dienone is 1. The average molecular weight is 755 g/mol. The van der Waals surface area contributed by atoms with Crippen LogP contribution < -0.4 is 16.6 Å². The number of rotatable bonds is 12. The summed E-state index contributed by atoms with van der Waals surface area (Å²) in [6.45, 7) is -0.651. The number of fused-ring (bicyclic) bond motifs is 1. The topological polar surface area (TPSA) is 378 Å². The minimum atomic E-state index is -5.37. The summed E-state index contributed by atoms with van der Waals surface area (Å²) in [5.74, 6) is -2.09. The Balaban J connectivity index is 0.000000860. The normalized spacial score (nSPS) is 31.0. The number of anilines is 1. The summed E-state index contributed by atoms with van der Waals surface area (Å²) in [5, 5.41) is 58.9. The number of carbonyl (C=O) groups excluding carboxylic acids is 2. The Kier molecular flexibility index (Phi) is 12.5. The molecular weight excluding hydrogens is 720 g/mol. The van der Waals surface area contributed by atoms with Gasteiger partial charge >= 0.3 is 15.6 Å². The van der Waals surface area contributed by atoms with Crippen molar-refractivity contribution in [1.82, 2.24) is 24.4 Å². The molecule has 26 heteroatoms. The number of aliphatic hydroxyl groups excluding tert-OH is 5. The Morgan fingerprint density at radius 2 is 1.54 bits per heavy atom. The number of phosphoric acid groups is 2. The minimum absolute atomic E-state index is 0.0517. The van der Waals surface area contributed by atoms with Crippen molar-refractivity contribution < 1.29 is 82.0 Å². The van der Waals surface area contributed by atoms with Crippen LogP contribution in [0.15, 0.2) is 36.7 Å². The molecule has 11 atom stereocenters. The number of hydrogen-bond acceptors (Lipinski definition) is 20. The fraction of sp³-hybridized carbons (Fsp3) is 0.542. The zero-order valence-corrected chi connectivity index (χ0v) is 27.5. The highest BCUT2D eigenvalue weighted by Crippen LogP contribution is 2.60. The number of aliphatic carboxylic acids is 1. The summed E-state index contributed by atoms with van der Waals surface area (Å²) in [6.07, 6.45) is -6.22. The van der Waals surface area contributed by atoms with Gasteiger partial charge in [-0.25, -0.2) is 24.1 Å². The third-order valence-corrected chi connectivity index (χ3v) is 9.82. The van der Waals surface area contributed by atoms with Gasteiger partial charge in [0.05, 0.1) is 31.6 Å². The number of nitrogen functional groups attached to an aromatic ring is 1. The predicted octanol–water partition coefficient (Wildman–Crippen LogP) is -4.57. The van der Waals surface area contributed by atoms with Gasteiger partial charge in [-0.2, -0.15) is 4.31 Å². The summed E-state index contributed by atoms with van der Waals surface area (Å²) in [7, 11) is -10.7.